The molecule has 1 aromatic carbocycles. The Balaban J connectivity index is 1.97. The van der Waals surface area contributed by atoms with Gasteiger partial charge in [0.1, 0.15) is 6.04 Å². The van der Waals surface area contributed by atoms with Crippen LogP contribution in [0.5, 0.6) is 0 Å². The number of anilines is 1. The molecule has 0 spiro atoms. The van der Waals surface area contributed by atoms with Gasteiger partial charge in [-0.2, -0.15) is 5.10 Å². The van der Waals surface area contributed by atoms with Gasteiger partial charge in [-0.3, -0.25) is 9.59 Å². The predicted molar refractivity (Wildman–Crippen MR) is 85.0 cm³/mol. The van der Waals surface area contributed by atoms with Crippen LogP contribution in [0.25, 0.3) is 0 Å². The third kappa shape index (κ3) is 2.32. The molecule has 0 saturated carbocycles. The van der Waals surface area contributed by atoms with Crippen molar-refractivity contribution in [1.29, 1.82) is 0 Å². The van der Waals surface area contributed by atoms with E-state index in [1.54, 1.807) is 24.8 Å². The molecule has 1 aliphatic rings. The van der Waals surface area contributed by atoms with Gasteiger partial charge in [0.15, 0.2) is 0 Å². The summed E-state index contributed by atoms with van der Waals surface area (Å²) in [7, 11) is 0. The summed E-state index contributed by atoms with van der Waals surface area (Å²) >= 11 is 0. The number of para-hydroxylation sites is 1. The first-order valence-electron chi connectivity index (χ1n) is 7.46. The summed E-state index contributed by atoms with van der Waals surface area (Å²) in [5.74, 6) is -0.0994. The van der Waals surface area contributed by atoms with Crippen molar-refractivity contribution in [2.45, 2.75) is 39.3 Å². The van der Waals surface area contributed by atoms with E-state index < -0.39 is 6.04 Å². The van der Waals surface area contributed by atoms with Crippen molar-refractivity contribution in [2.24, 2.45) is 0 Å². The van der Waals surface area contributed by atoms with Gasteiger partial charge in [-0.15, -0.1) is 0 Å². The molecule has 114 valence electrons. The number of carbonyl (C=O) groups excluding carboxylic acids is 1. The molecular formula is C17H19N3O2. The van der Waals surface area contributed by atoms with Crippen LogP contribution in [-0.2, 0) is 11.2 Å². The predicted octanol–water partition coefficient (Wildman–Crippen LogP) is 2.09. The van der Waals surface area contributed by atoms with Crippen molar-refractivity contribution in [3.05, 3.63) is 58.0 Å². The molecule has 22 heavy (non-hydrogen) atoms. The molecule has 2 heterocycles. The lowest BCUT2D eigenvalue weighted by atomic mass is 10.1. The number of hydrogen-bond acceptors (Lipinski definition) is 3. The van der Waals surface area contributed by atoms with Crippen LogP contribution in [0, 0.1) is 6.92 Å². The molecule has 3 rings (SSSR count). The summed E-state index contributed by atoms with van der Waals surface area (Å²) < 4.78 is 1.27. The maximum absolute atomic E-state index is 12.9. The minimum Gasteiger partial charge on any atom is -0.307 e. The zero-order valence-electron chi connectivity index (χ0n) is 13.0. The van der Waals surface area contributed by atoms with Gasteiger partial charge in [-0.1, -0.05) is 18.2 Å². The number of rotatable bonds is 2. The van der Waals surface area contributed by atoms with Crippen molar-refractivity contribution in [1.82, 2.24) is 9.78 Å². The highest BCUT2D eigenvalue weighted by atomic mass is 16.2. The highest BCUT2D eigenvalue weighted by Gasteiger charge is 2.34. The third-order valence-electron chi connectivity index (χ3n) is 4.13. The smallest absolute Gasteiger partial charge is 0.267 e. The minimum atomic E-state index is -0.624. The van der Waals surface area contributed by atoms with Gasteiger partial charge in [-0.25, -0.2) is 4.68 Å². The molecule has 2 unspecified atom stereocenters. The molecule has 0 radical (unpaired) electrons. The van der Waals surface area contributed by atoms with Gasteiger partial charge in [0, 0.05) is 17.8 Å². The molecule has 0 saturated heterocycles. The molecule has 1 aliphatic heterocycles. The molecule has 2 atom stereocenters. The molecule has 2 aromatic rings. The first-order chi connectivity index (χ1) is 10.5. The molecular weight excluding hydrogens is 278 g/mol. The Morgan fingerprint density at radius 1 is 1.27 bits per heavy atom. The lowest BCUT2D eigenvalue weighted by Crippen LogP contribution is -2.43. The summed E-state index contributed by atoms with van der Waals surface area (Å²) in [5, 5.41) is 4.20. The largest absolute Gasteiger partial charge is 0.307 e. The van der Waals surface area contributed by atoms with E-state index in [-0.39, 0.29) is 17.5 Å². The second-order valence-corrected chi connectivity index (χ2v) is 5.82. The fraction of sp³-hybridized carbons (Fsp3) is 0.353. The highest BCUT2D eigenvalue weighted by Crippen LogP contribution is 2.33. The van der Waals surface area contributed by atoms with Crippen molar-refractivity contribution in [3.63, 3.8) is 0 Å². The lowest BCUT2D eigenvalue weighted by molar-refractivity contribution is -0.122. The van der Waals surface area contributed by atoms with Crippen molar-refractivity contribution in [2.75, 3.05) is 4.90 Å². The van der Waals surface area contributed by atoms with Crippen LogP contribution < -0.4 is 10.5 Å². The van der Waals surface area contributed by atoms with E-state index in [1.807, 2.05) is 31.2 Å². The fourth-order valence-electron chi connectivity index (χ4n) is 3.01. The van der Waals surface area contributed by atoms with E-state index in [0.29, 0.717) is 5.69 Å². The Labute approximate surface area is 129 Å². The monoisotopic (exact) mass is 297 g/mol. The summed E-state index contributed by atoms with van der Waals surface area (Å²) in [6.45, 7) is 5.56. The molecule has 0 N–H and O–H groups in total. The molecule has 1 amide bonds. The number of fused-ring (bicyclic) bond motifs is 1. The molecule has 0 bridgehead atoms. The number of hydrogen-bond donors (Lipinski definition) is 0. The Kier molecular flexibility index (Phi) is 3.56. The Bertz CT molecular complexity index is 781. The van der Waals surface area contributed by atoms with Gasteiger partial charge in [0.2, 0.25) is 0 Å². The quantitative estimate of drug-likeness (QED) is 0.853. The zero-order chi connectivity index (χ0) is 15.9. The fourth-order valence-corrected chi connectivity index (χ4v) is 3.01. The summed E-state index contributed by atoms with van der Waals surface area (Å²) in [5.41, 5.74) is 2.56. The number of aromatic nitrogens is 2. The van der Waals surface area contributed by atoms with Crippen LogP contribution in [0.3, 0.4) is 0 Å². The zero-order valence-corrected chi connectivity index (χ0v) is 13.0. The molecule has 5 nitrogen and oxygen atoms in total. The van der Waals surface area contributed by atoms with Crippen LogP contribution in [0.4, 0.5) is 5.69 Å². The summed E-state index contributed by atoms with van der Waals surface area (Å²) in [6, 6.07) is 10.5. The van der Waals surface area contributed by atoms with E-state index in [0.717, 1.165) is 12.1 Å². The van der Waals surface area contributed by atoms with E-state index in [9.17, 15) is 9.59 Å². The SMILES string of the molecule is Cc1ccc(=O)n(C(C)C(=O)N2c3ccccc3CC2C)n1. The van der Waals surface area contributed by atoms with Crippen LogP contribution in [0.15, 0.2) is 41.2 Å². The Hall–Kier alpha value is -2.43. The highest BCUT2D eigenvalue weighted by molar-refractivity contribution is 5.98. The minimum absolute atomic E-state index is 0.0906. The molecule has 5 heteroatoms. The third-order valence-corrected chi connectivity index (χ3v) is 4.13. The van der Waals surface area contributed by atoms with E-state index in [1.165, 1.54) is 16.3 Å². The summed E-state index contributed by atoms with van der Waals surface area (Å²) in [4.78, 5) is 26.7. The van der Waals surface area contributed by atoms with Gasteiger partial charge in [0.25, 0.3) is 11.5 Å². The lowest BCUT2D eigenvalue weighted by Gasteiger charge is -2.26. The van der Waals surface area contributed by atoms with E-state index >= 15 is 0 Å². The summed E-state index contributed by atoms with van der Waals surface area (Å²) in [6.07, 6.45) is 0.838. The number of nitrogens with zero attached hydrogens (tertiary/aromatic N) is 3. The van der Waals surface area contributed by atoms with Crippen LogP contribution in [-0.4, -0.2) is 21.7 Å². The first-order valence-corrected chi connectivity index (χ1v) is 7.46. The topological polar surface area (TPSA) is 55.2 Å². The Morgan fingerprint density at radius 2 is 2.00 bits per heavy atom. The first kappa shape index (κ1) is 14.5. The maximum atomic E-state index is 12.9. The van der Waals surface area contributed by atoms with Gasteiger partial charge in [0.05, 0.1) is 5.69 Å². The van der Waals surface area contributed by atoms with Crippen LogP contribution >= 0.6 is 0 Å². The molecule has 1 aromatic heterocycles. The number of benzene rings is 1. The molecule has 0 aliphatic carbocycles. The van der Waals surface area contributed by atoms with E-state index in [4.69, 9.17) is 0 Å². The van der Waals surface area contributed by atoms with Crippen LogP contribution in [0.1, 0.15) is 31.1 Å². The average Bonchev–Trinajstić information content (AvgIpc) is 2.84. The normalized spacial score (nSPS) is 18.1. The number of aryl methyl sites for hydroxylation is 1. The van der Waals surface area contributed by atoms with Crippen molar-refractivity contribution < 1.29 is 4.79 Å². The molecule has 0 fully saturated rings. The van der Waals surface area contributed by atoms with E-state index in [2.05, 4.69) is 5.10 Å². The Morgan fingerprint density at radius 3 is 2.77 bits per heavy atom. The van der Waals surface area contributed by atoms with Crippen molar-refractivity contribution >= 4 is 11.6 Å². The average molecular weight is 297 g/mol. The second-order valence-electron chi connectivity index (χ2n) is 5.82. The maximum Gasteiger partial charge on any atom is 0.267 e. The van der Waals surface area contributed by atoms with Gasteiger partial charge < -0.3 is 4.90 Å². The number of amides is 1. The number of carbonyl (C=O) groups is 1. The van der Waals surface area contributed by atoms with Gasteiger partial charge in [-0.05, 0) is 44.9 Å². The standard InChI is InChI=1S/C17H19N3O2/c1-11-8-9-16(21)20(18-11)13(3)17(22)19-12(2)10-14-6-4-5-7-15(14)19/h4-9,12-13H,10H2,1-3H3. The van der Waals surface area contributed by atoms with Crippen molar-refractivity contribution in [3.8, 4) is 0 Å². The van der Waals surface area contributed by atoms with Gasteiger partial charge >= 0.3 is 0 Å². The second kappa shape index (κ2) is 5.40. The van der Waals surface area contributed by atoms with Crippen LogP contribution in [0.2, 0.25) is 0 Å².